The Labute approximate surface area is 120 Å². The van der Waals surface area contributed by atoms with Crippen molar-refractivity contribution in [3.05, 3.63) is 28.8 Å². The summed E-state index contributed by atoms with van der Waals surface area (Å²) < 4.78 is 0. The van der Waals surface area contributed by atoms with Crippen molar-refractivity contribution in [2.75, 3.05) is 11.1 Å². The fourth-order valence-corrected chi connectivity index (χ4v) is 3.34. The minimum atomic E-state index is -1.04. The fourth-order valence-electron chi connectivity index (χ4n) is 1.91. The van der Waals surface area contributed by atoms with Gasteiger partial charge in [-0.15, -0.1) is 11.8 Å². The van der Waals surface area contributed by atoms with E-state index in [1.165, 1.54) is 18.2 Å². The molecule has 6 heteroatoms. The Morgan fingerprint density at radius 1 is 1.37 bits per heavy atom. The molecule has 0 aliphatic carbocycles. The van der Waals surface area contributed by atoms with Crippen LogP contribution in [0.4, 0.5) is 5.69 Å². The molecular formula is C13H14ClNO3S. The molecule has 1 heterocycles. The monoisotopic (exact) mass is 299 g/mol. The number of carbonyl (C=O) groups excluding carboxylic acids is 1. The van der Waals surface area contributed by atoms with Gasteiger partial charge in [0.1, 0.15) is 0 Å². The lowest BCUT2D eigenvalue weighted by molar-refractivity contribution is -0.115. The first-order valence-electron chi connectivity index (χ1n) is 6.03. The topological polar surface area (TPSA) is 66.4 Å². The predicted molar refractivity (Wildman–Crippen MR) is 77.1 cm³/mol. The van der Waals surface area contributed by atoms with Crippen molar-refractivity contribution in [2.45, 2.75) is 24.5 Å². The van der Waals surface area contributed by atoms with Crippen molar-refractivity contribution >= 4 is 40.9 Å². The molecule has 1 aromatic rings. The summed E-state index contributed by atoms with van der Waals surface area (Å²) in [6, 6.07) is 4.29. The molecule has 102 valence electrons. The van der Waals surface area contributed by atoms with Gasteiger partial charge in [-0.1, -0.05) is 18.0 Å². The quantitative estimate of drug-likeness (QED) is 0.899. The lowest BCUT2D eigenvalue weighted by Gasteiger charge is -2.20. The number of carbonyl (C=O) groups is 2. The van der Waals surface area contributed by atoms with Gasteiger partial charge >= 0.3 is 5.97 Å². The van der Waals surface area contributed by atoms with E-state index in [0.29, 0.717) is 5.69 Å². The molecule has 1 unspecified atom stereocenters. The van der Waals surface area contributed by atoms with E-state index in [2.05, 4.69) is 5.32 Å². The molecule has 2 rings (SSSR count). The zero-order valence-electron chi connectivity index (χ0n) is 10.2. The van der Waals surface area contributed by atoms with Gasteiger partial charge in [0.2, 0.25) is 5.91 Å². The number of hydrogen-bond acceptors (Lipinski definition) is 3. The van der Waals surface area contributed by atoms with Crippen LogP contribution in [0.3, 0.4) is 0 Å². The molecule has 1 amide bonds. The average molecular weight is 300 g/mol. The SMILES string of the molecule is O=C(O)c1ccc(NC(=O)C2CCCCS2)c(Cl)c1. The molecule has 1 aromatic carbocycles. The Morgan fingerprint density at radius 2 is 2.16 bits per heavy atom. The van der Waals surface area contributed by atoms with E-state index >= 15 is 0 Å². The maximum atomic E-state index is 12.0. The highest BCUT2D eigenvalue weighted by molar-refractivity contribution is 8.00. The van der Waals surface area contributed by atoms with E-state index in [1.54, 1.807) is 11.8 Å². The van der Waals surface area contributed by atoms with Crippen molar-refractivity contribution in [1.29, 1.82) is 0 Å². The van der Waals surface area contributed by atoms with Gasteiger partial charge in [0.15, 0.2) is 0 Å². The summed E-state index contributed by atoms with van der Waals surface area (Å²) in [5.74, 6) is -0.0960. The zero-order valence-corrected chi connectivity index (χ0v) is 11.8. The number of aromatic carboxylic acids is 1. The normalized spacial score (nSPS) is 18.9. The Kier molecular flexibility index (Phi) is 4.71. The number of anilines is 1. The smallest absolute Gasteiger partial charge is 0.335 e. The van der Waals surface area contributed by atoms with Gasteiger partial charge in [0, 0.05) is 0 Å². The highest BCUT2D eigenvalue weighted by atomic mass is 35.5. The number of benzene rings is 1. The number of halogens is 1. The van der Waals surface area contributed by atoms with E-state index in [9.17, 15) is 9.59 Å². The molecule has 0 aromatic heterocycles. The standard InChI is InChI=1S/C13H14ClNO3S/c14-9-7-8(13(17)18)4-5-10(9)15-12(16)11-3-1-2-6-19-11/h4-5,7,11H,1-3,6H2,(H,15,16)(H,17,18). The molecule has 0 spiro atoms. The van der Waals surface area contributed by atoms with Gasteiger partial charge in [-0.2, -0.15) is 0 Å². The molecule has 1 aliphatic rings. The molecule has 1 fully saturated rings. The van der Waals surface area contributed by atoms with Crippen LogP contribution >= 0.6 is 23.4 Å². The van der Waals surface area contributed by atoms with Crippen LogP contribution in [0.5, 0.6) is 0 Å². The highest BCUT2D eigenvalue weighted by Gasteiger charge is 2.22. The number of nitrogens with one attached hydrogen (secondary N) is 1. The number of carboxylic acid groups (broad SMARTS) is 1. The molecule has 0 radical (unpaired) electrons. The fraction of sp³-hybridized carbons (Fsp3) is 0.385. The second kappa shape index (κ2) is 6.30. The second-order valence-electron chi connectivity index (χ2n) is 4.34. The number of carboxylic acids is 1. The molecular weight excluding hydrogens is 286 g/mol. The van der Waals surface area contributed by atoms with Crippen molar-refractivity contribution in [3.8, 4) is 0 Å². The predicted octanol–water partition coefficient (Wildman–Crippen LogP) is 3.26. The molecule has 4 nitrogen and oxygen atoms in total. The van der Waals surface area contributed by atoms with Crippen LogP contribution < -0.4 is 5.32 Å². The average Bonchev–Trinajstić information content (AvgIpc) is 2.41. The Bertz CT molecular complexity index is 501. The summed E-state index contributed by atoms with van der Waals surface area (Å²) in [5, 5.41) is 11.8. The third-order valence-electron chi connectivity index (χ3n) is 2.95. The second-order valence-corrected chi connectivity index (χ2v) is 6.06. The van der Waals surface area contributed by atoms with Gasteiger partial charge in [0.05, 0.1) is 21.5 Å². The Hall–Kier alpha value is -1.20. The number of rotatable bonds is 3. The van der Waals surface area contributed by atoms with Crippen molar-refractivity contribution in [3.63, 3.8) is 0 Å². The van der Waals surface area contributed by atoms with Gasteiger partial charge in [-0.05, 0) is 36.8 Å². The van der Waals surface area contributed by atoms with Crippen LogP contribution in [-0.2, 0) is 4.79 Å². The third kappa shape index (κ3) is 3.64. The van der Waals surface area contributed by atoms with E-state index < -0.39 is 5.97 Å². The first kappa shape index (κ1) is 14.2. The molecule has 0 bridgehead atoms. The van der Waals surface area contributed by atoms with Gasteiger partial charge in [-0.25, -0.2) is 4.79 Å². The summed E-state index contributed by atoms with van der Waals surface area (Å²) in [6.45, 7) is 0. The van der Waals surface area contributed by atoms with Crippen LogP contribution in [0.2, 0.25) is 5.02 Å². The Balaban J connectivity index is 2.06. The van der Waals surface area contributed by atoms with E-state index in [-0.39, 0.29) is 21.7 Å². The summed E-state index contributed by atoms with van der Waals surface area (Å²) in [4.78, 5) is 22.8. The summed E-state index contributed by atoms with van der Waals surface area (Å²) in [5.41, 5.74) is 0.567. The van der Waals surface area contributed by atoms with Gasteiger partial charge < -0.3 is 10.4 Å². The highest BCUT2D eigenvalue weighted by Crippen LogP contribution is 2.28. The summed E-state index contributed by atoms with van der Waals surface area (Å²) >= 11 is 7.63. The maximum Gasteiger partial charge on any atom is 0.335 e. The minimum absolute atomic E-state index is 0.0380. The van der Waals surface area contributed by atoms with Gasteiger partial charge in [0.25, 0.3) is 0 Å². The van der Waals surface area contributed by atoms with Crippen LogP contribution in [-0.4, -0.2) is 28.0 Å². The third-order valence-corrected chi connectivity index (χ3v) is 4.64. The van der Waals surface area contributed by atoms with E-state index in [0.717, 1.165) is 25.0 Å². The number of amides is 1. The first-order chi connectivity index (χ1) is 9.08. The largest absolute Gasteiger partial charge is 0.478 e. The van der Waals surface area contributed by atoms with Crippen LogP contribution in [0.25, 0.3) is 0 Å². The van der Waals surface area contributed by atoms with Crippen molar-refractivity contribution < 1.29 is 14.7 Å². The minimum Gasteiger partial charge on any atom is -0.478 e. The summed E-state index contributed by atoms with van der Waals surface area (Å²) in [6.07, 6.45) is 3.10. The summed E-state index contributed by atoms with van der Waals surface area (Å²) in [7, 11) is 0. The lowest BCUT2D eigenvalue weighted by atomic mass is 10.1. The molecule has 0 saturated carbocycles. The lowest BCUT2D eigenvalue weighted by Crippen LogP contribution is -2.27. The molecule has 2 N–H and O–H groups in total. The molecule has 1 atom stereocenters. The van der Waals surface area contributed by atoms with Crippen molar-refractivity contribution in [1.82, 2.24) is 0 Å². The van der Waals surface area contributed by atoms with Gasteiger partial charge in [-0.3, -0.25) is 4.79 Å². The maximum absolute atomic E-state index is 12.0. The molecule has 1 aliphatic heterocycles. The Morgan fingerprint density at radius 3 is 2.74 bits per heavy atom. The molecule has 1 saturated heterocycles. The van der Waals surface area contributed by atoms with E-state index in [4.69, 9.17) is 16.7 Å². The van der Waals surface area contributed by atoms with Crippen LogP contribution in [0, 0.1) is 0 Å². The van der Waals surface area contributed by atoms with Crippen LogP contribution in [0.1, 0.15) is 29.6 Å². The number of thioether (sulfide) groups is 1. The number of hydrogen-bond donors (Lipinski definition) is 2. The van der Waals surface area contributed by atoms with E-state index in [1.807, 2.05) is 0 Å². The zero-order chi connectivity index (χ0) is 13.8. The first-order valence-corrected chi connectivity index (χ1v) is 7.46. The van der Waals surface area contributed by atoms with Crippen molar-refractivity contribution in [2.24, 2.45) is 0 Å². The molecule has 19 heavy (non-hydrogen) atoms. The van der Waals surface area contributed by atoms with Crippen LogP contribution in [0.15, 0.2) is 18.2 Å².